The van der Waals surface area contributed by atoms with Gasteiger partial charge in [-0.25, -0.2) is 4.98 Å². The normalized spacial score (nSPS) is 10.6. The Labute approximate surface area is 113 Å². The Morgan fingerprint density at radius 2 is 1.53 bits per heavy atom. The van der Waals surface area contributed by atoms with E-state index in [1.807, 2.05) is 31.2 Å². The van der Waals surface area contributed by atoms with E-state index in [2.05, 4.69) is 52.1 Å². The van der Waals surface area contributed by atoms with E-state index in [-0.39, 0.29) is 0 Å². The van der Waals surface area contributed by atoms with Crippen molar-refractivity contribution < 1.29 is 0 Å². The van der Waals surface area contributed by atoms with Crippen molar-refractivity contribution in [1.82, 2.24) is 9.55 Å². The molecule has 3 rings (SSSR count). The van der Waals surface area contributed by atoms with Crippen LogP contribution in [-0.4, -0.2) is 9.55 Å². The zero-order valence-electron chi connectivity index (χ0n) is 11.0. The Kier molecular flexibility index (Phi) is 3.15. The highest BCUT2D eigenvalue weighted by molar-refractivity contribution is 5.55. The van der Waals surface area contributed by atoms with Crippen molar-refractivity contribution in [3.05, 3.63) is 78.1 Å². The Morgan fingerprint density at radius 1 is 0.895 bits per heavy atom. The molecular weight excluding hydrogens is 232 g/mol. The maximum atomic E-state index is 4.64. The Balaban J connectivity index is 1.99. The quantitative estimate of drug-likeness (QED) is 0.687. The number of benzene rings is 2. The van der Waals surface area contributed by atoms with Crippen molar-refractivity contribution in [1.29, 1.82) is 0 Å². The monoisotopic (exact) mass is 248 g/mol. The fourth-order valence-corrected chi connectivity index (χ4v) is 2.27. The zero-order valence-corrected chi connectivity index (χ0v) is 11.0. The third kappa shape index (κ3) is 2.58. The lowest BCUT2D eigenvalue weighted by Crippen LogP contribution is -2.00. The van der Waals surface area contributed by atoms with E-state index < -0.39 is 0 Å². The van der Waals surface area contributed by atoms with Gasteiger partial charge in [0.25, 0.3) is 0 Å². The van der Waals surface area contributed by atoms with E-state index in [1.165, 1.54) is 5.56 Å². The van der Waals surface area contributed by atoms with E-state index in [1.54, 1.807) is 0 Å². The average Bonchev–Trinajstić information content (AvgIpc) is 2.82. The molecule has 19 heavy (non-hydrogen) atoms. The van der Waals surface area contributed by atoms with Gasteiger partial charge in [0.05, 0.1) is 5.69 Å². The largest absolute Gasteiger partial charge is 0.326 e. The van der Waals surface area contributed by atoms with E-state index in [0.29, 0.717) is 0 Å². The fourth-order valence-electron chi connectivity index (χ4n) is 2.27. The van der Waals surface area contributed by atoms with E-state index >= 15 is 0 Å². The highest BCUT2D eigenvalue weighted by Gasteiger charge is 2.08. The van der Waals surface area contributed by atoms with Gasteiger partial charge in [0.2, 0.25) is 0 Å². The molecule has 2 aromatic carbocycles. The van der Waals surface area contributed by atoms with Crippen LogP contribution in [0.4, 0.5) is 0 Å². The minimum Gasteiger partial charge on any atom is -0.326 e. The summed E-state index contributed by atoms with van der Waals surface area (Å²) in [6.45, 7) is 2.89. The molecule has 0 amide bonds. The topological polar surface area (TPSA) is 17.8 Å². The standard InChI is InChI=1S/C17H16N2/c1-14-12-19(13-15-8-4-2-5-9-15)17(18-14)16-10-6-3-7-11-16/h2-12H,13H2,1H3. The molecular formula is C17H16N2. The van der Waals surface area contributed by atoms with Crippen LogP contribution in [0.5, 0.6) is 0 Å². The van der Waals surface area contributed by atoms with Crippen molar-refractivity contribution in [2.45, 2.75) is 13.5 Å². The number of nitrogens with zero attached hydrogens (tertiary/aromatic N) is 2. The lowest BCUT2D eigenvalue weighted by molar-refractivity contribution is 0.806. The second-order valence-electron chi connectivity index (χ2n) is 4.69. The maximum Gasteiger partial charge on any atom is 0.140 e. The van der Waals surface area contributed by atoms with Crippen LogP contribution in [-0.2, 0) is 6.54 Å². The molecule has 3 aromatic rings. The average molecular weight is 248 g/mol. The zero-order chi connectivity index (χ0) is 13.1. The van der Waals surface area contributed by atoms with Gasteiger partial charge in [0.1, 0.15) is 5.82 Å². The summed E-state index contributed by atoms with van der Waals surface area (Å²) in [6.07, 6.45) is 2.11. The molecule has 1 heterocycles. The minimum atomic E-state index is 0.853. The van der Waals surface area contributed by atoms with Gasteiger partial charge in [-0.1, -0.05) is 60.7 Å². The summed E-state index contributed by atoms with van der Waals surface area (Å²) in [6, 6.07) is 20.8. The van der Waals surface area contributed by atoms with Gasteiger partial charge in [0.15, 0.2) is 0 Å². The molecule has 2 heteroatoms. The summed E-state index contributed by atoms with van der Waals surface area (Å²) in [7, 11) is 0. The first-order valence-corrected chi connectivity index (χ1v) is 6.46. The molecule has 0 spiro atoms. The number of imidazole rings is 1. The van der Waals surface area contributed by atoms with Gasteiger partial charge in [-0.15, -0.1) is 0 Å². The van der Waals surface area contributed by atoms with Crippen molar-refractivity contribution in [3.8, 4) is 11.4 Å². The van der Waals surface area contributed by atoms with Crippen LogP contribution >= 0.6 is 0 Å². The highest BCUT2D eigenvalue weighted by atomic mass is 15.1. The van der Waals surface area contributed by atoms with Crippen LogP contribution in [0.1, 0.15) is 11.3 Å². The smallest absolute Gasteiger partial charge is 0.140 e. The second kappa shape index (κ2) is 5.11. The summed E-state index contributed by atoms with van der Waals surface area (Å²) >= 11 is 0. The third-order valence-corrected chi connectivity index (χ3v) is 3.12. The minimum absolute atomic E-state index is 0.853. The maximum absolute atomic E-state index is 4.64. The number of rotatable bonds is 3. The van der Waals surface area contributed by atoms with E-state index in [9.17, 15) is 0 Å². The van der Waals surface area contributed by atoms with Crippen molar-refractivity contribution in [3.63, 3.8) is 0 Å². The lowest BCUT2D eigenvalue weighted by atomic mass is 10.2. The van der Waals surface area contributed by atoms with Crippen molar-refractivity contribution in [2.24, 2.45) is 0 Å². The molecule has 0 aliphatic rings. The first kappa shape index (κ1) is 11.7. The molecule has 0 saturated heterocycles. The van der Waals surface area contributed by atoms with Crippen LogP contribution in [0.25, 0.3) is 11.4 Å². The van der Waals surface area contributed by atoms with E-state index in [4.69, 9.17) is 0 Å². The van der Waals surface area contributed by atoms with Crippen LogP contribution in [0.3, 0.4) is 0 Å². The number of hydrogen-bond donors (Lipinski definition) is 0. The molecule has 0 aliphatic heterocycles. The van der Waals surface area contributed by atoms with Gasteiger partial charge < -0.3 is 4.57 Å². The summed E-state index contributed by atoms with van der Waals surface area (Å²) in [4.78, 5) is 4.64. The van der Waals surface area contributed by atoms with Gasteiger partial charge in [-0.3, -0.25) is 0 Å². The molecule has 0 saturated carbocycles. The van der Waals surface area contributed by atoms with Crippen LogP contribution in [0.15, 0.2) is 66.9 Å². The number of aromatic nitrogens is 2. The van der Waals surface area contributed by atoms with E-state index in [0.717, 1.165) is 23.6 Å². The molecule has 0 N–H and O–H groups in total. The van der Waals surface area contributed by atoms with Gasteiger partial charge in [0, 0.05) is 18.3 Å². The molecule has 0 atom stereocenters. The van der Waals surface area contributed by atoms with Crippen LogP contribution in [0.2, 0.25) is 0 Å². The lowest BCUT2D eigenvalue weighted by Gasteiger charge is -2.07. The Morgan fingerprint density at radius 3 is 2.21 bits per heavy atom. The molecule has 0 aliphatic carbocycles. The Hall–Kier alpha value is -2.35. The van der Waals surface area contributed by atoms with Crippen molar-refractivity contribution >= 4 is 0 Å². The first-order chi connectivity index (χ1) is 9.33. The molecule has 94 valence electrons. The molecule has 0 fully saturated rings. The highest BCUT2D eigenvalue weighted by Crippen LogP contribution is 2.19. The predicted molar refractivity (Wildman–Crippen MR) is 77.9 cm³/mol. The van der Waals surface area contributed by atoms with Crippen molar-refractivity contribution in [2.75, 3.05) is 0 Å². The summed E-state index contributed by atoms with van der Waals surface area (Å²) in [5.74, 6) is 1.03. The molecule has 0 unspecified atom stereocenters. The molecule has 0 bridgehead atoms. The summed E-state index contributed by atoms with van der Waals surface area (Å²) in [5.41, 5.74) is 3.50. The first-order valence-electron chi connectivity index (χ1n) is 6.46. The SMILES string of the molecule is Cc1cn(Cc2ccccc2)c(-c2ccccc2)n1. The van der Waals surface area contributed by atoms with Gasteiger partial charge >= 0.3 is 0 Å². The summed E-state index contributed by atoms with van der Waals surface area (Å²) < 4.78 is 2.21. The predicted octanol–water partition coefficient (Wildman–Crippen LogP) is 3.91. The third-order valence-electron chi connectivity index (χ3n) is 3.12. The number of aryl methyl sites for hydroxylation is 1. The summed E-state index contributed by atoms with van der Waals surface area (Å²) in [5, 5.41) is 0. The molecule has 1 aromatic heterocycles. The molecule has 2 nitrogen and oxygen atoms in total. The Bertz CT molecular complexity index is 654. The van der Waals surface area contributed by atoms with Gasteiger partial charge in [-0.2, -0.15) is 0 Å². The second-order valence-corrected chi connectivity index (χ2v) is 4.69. The van der Waals surface area contributed by atoms with Crippen LogP contribution < -0.4 is 0 Å². The van der Waals surface area contributed by atoms with Crippen LogP contribution in [0, 0.1) is 6.92 Å². The fraction of sp³-hybridized carbons (Fsp3) is 0.118. The van der Waals surface area contributed by atoms with Gasteiger partial charge in [-0.05, 0) is 12.5 Å². The molecule has 0 radical (unpaired) electrons. The number of hydrogen-bond acceptors (Lipinski definition) is 1.